The fourth-order valence-electron chi connectivity index (χ4n) is 2.05. The molecule has 0 bridgehead atoms. The molecule has 2 aromatic rings. The minimum atomic E-state index is -4.81. The Hall–Kier alpha value is -3.10. The number of carbonyl (C=O) groups excluding carboxylic acids is 2. The molecule has 9 heteroatoms. The van der Waals surface area contributed by atoms with Crippen molar-refractivity contribution in [2.24, 2.45) is 0 Å². The summed E-state index contributed by atoms with van der Waals surface area (Å²) in [5, 5.41) is 6.13. The van der Waals surface area contributed by atoms with E-state index in [1.54, 1.807) is 0 Å². The Morgan fingerprint density at radius 3 is 2.48 bits per heavy atom. The van der Waals surface area contributed by atoms with Crippen LogP contribution in [0.2, 0.25) is 0 Å². The van der Waals surface area contributed by atoms with Crippen LogP contribution in [0.3, 0.4) is 0 Å². The van der Waals surface area contributed by atoms with E-state index in [9.17, 15) is 22.8 Å². The lowest BCUT2D eigenvalue weighted by Crippen LogP contribution is -2.18. The van der Waals surface area contributed by atoms with E-state index in [0.717, 1.165) is 12.3 Å². The van der Waals surface area contributed by atoms with Gasteiger partial charge in [-0.3, -0.25) is 4.79 Å². The molecular formula is C16H14F3N3O3. The van der Waals surface area contributed by atoms with E-state index < -0.39 is 29.3 Å². The molecule has 1 amide bonds. The molecule has 2 rings (SSSR count). The van der Waals surface area contributed by atoms with Crippen LogP contribution in [-0.2, 0) is 15.7 Å². The predicted molar refractivity (Wildman–Crippen MR) is 83.3 cm³/mol. The maximum atomic E-state index is 13.4. The predicted octanol–water partition coefficient (Wildman–Crippen LogP) is 3.19. The summed E-state index contributed by atoms with van der Waals surface area (Å²) in [6, 6.07) is 5.47. The van der Waals surface area contributed by atoms with E-state index in [1.165, 1.54) is 31.2 Å². The SMILES string of the molecule is C=CC(=O)Nc1ccc(-n2ncc(C(=O)OCC)c2C(F)(F)F)cc1. The van der Waals surface area contributed by atoms with Crippen molar-refractivity contribution in [1.82, 2.24) is 9.78 Å². The molecule has 0 spiro atoms. The highest BCUT2D eigenvalue weighted by Crippen LogP contribution is 2.34. The molecule has 1 aromatic heterocycles. The number of rotatable bonds is 5. The van der Waals surface area contributed by atoms with Crippen molar-refractivity contribution in [2.45, 2.75) is 13.1 Å². The summed E-state index contributed by atoms with van der Waals surface area (Å²) >= 11 is 0. The molecule has 6 nitrogen and oxygen atoms in total. The van der Waals surface area contributed by atoms with E-state index in [1.807, 2.05) is 0 Å². The highest BCUT2D eigenvalue weighted by molar-refractivity contribution is 5.98. The Balaban J connectivity index is 2.43. The summed E-state index contributed by atoms with van der Waals surface area (Å²) in [5.41, 5.74) is -1.45. The molecule has 0 unspecified atom stereocenters. The van der Waals surface area contributed by atoms with Crippen molar-refractivity contribution in [3.05, 3.63) is 54.4 Å². The zero-order valence-electron chi connectivity index (χ0n) is 13.1. The molecule has 0 aliphatic carbocycles. The summed E-state index contributed by atoms with van der Waals surface area (Å²) in [6.45, 7) is 4.74. The number of esters is 1. The lowest BCUT2D eigenvalue weighted by molar-refractivity contribution is -0.143. The second kappa shape index (κ2) is 7.20. The minimum absolute atomic E-state index is 0.0565. The van der Waals surface area contributed by atoms with Gasteiger partial charge in [-0.25, -0.2) is 9.48 Å². The van der Waals surface area contributed by atoms with Crippen LogP contribution >= 0.6 is 0 Å². The second-order valence-electron chi connectivity index (χ2n) is 4.78. The highest BCUT2D eigenvalue weighted by Gasteiger charge is 2.41. The number of nitrogens with one attached hydrogen (secondary N) is 1. The van der Waals surface area contributed by atoms with Crippen molar-refractivity contribution in [1.29, 1.82) is 0 Å². The monoisotopic (exact) mass is 353 g/mol. The first-order chi connectivity index (χ1) is 11.8. The summed E-state index contributed by atoms with van der Waals surface area (Å²) in [5.74, 6) is -1.55. The summed E-state index contributed by atoms with van der Waals surface area (Å²) in [4.78, 5) is 22.9. The summed E-state index contributed by atoms with van der Waals surface area (Å²) < 4.78 is 45.4. The van der Waals surface area contributed by atoms with E-state index >= 15 is 0 Å². The molecule has 1 aromatic carbocycles. The Labute approximate surface area is 140 Å². The Morgan fingerprint density at radius 2 is 1.96 bits per heavy atom. The molecular weight excluding hydrogens is 339 g/mol. The largest absolute Gasteiger partial charge is 0.462 e. The van der Waals surface area contributed by atoms with Crippen LogP contribution < -0.4 is 5.32 Å². The van der Waals surface area contributed by atoms with Gasteiger partial charge in [0.1, 0.15) is 5.56 Å². The van der Waals surface area contributed by atoms with E-state index in [-0.39, 0.29) is 12.3 Å². The van der Waals surface area contributed by atoms with Crippen LogP contribution in [0.5, 0.6) is 0 Å². The van der Waals surface area contributed by atoms with E-state index in [4.69, 9.17) is 0 Å². The molecule has 0 aliphatic heterocycles. The van der Waals surface area contributed by atoms with Crippen molar-refractivity contribution in [3.63, 3.8) is 0 Å². The number of ether oxygens (including phenoxy) is 1. The van der Waals surface area contributed by atoms with E-state index in [2.05, 4.69) is 21.7 Å². The zero-order chi connectivity index (χ0) is 18.6. The molecule has 0 aliphatic rings. The first-order valence-electron chi connectivity index (χ1n) is 7.14. The first kappa shape index (κ1) is 18.2. The first-order valence-corrected chi connectivity index (χ1v) is 7.14. The lowest BCUT2D eigenvalue weighted by atomic mass is 10.2. The number of alkyl halides is 3. The van der Waals surface area contributed by atoms with Gasteiger partial charge < -0.3 is 10.1 Å². The molecule has 25 heavy (non-hydrogen) atoms. The Kier molecular flexibility index (Phi) is 5.26. The number of hydrogen-bond donors (Lipinski definition) is 1. The zero-order valence-corrected chi connectivity index (χ0v) is 13.1. The normalized spacial score (nSPS) is 11.0. The van der Waals surface area contributed by atoms with Gasteiger partial charge >= 0.3 is 12.1 Å². The third kappa shape index (κ3) is 4.06. The number of aromatic nitrogens is 2. The third-order valence-corrected chi connectivity index (χ3v) is 3.10. The highest BCUT2D eigenvalue weighted by atomic mass is 19.4. The standard InChI is InChI=1S/C16H14F3N3O3/c1-3-13(23)21-10-5-7-11(8-6-10)22-14(16(17,18)19)12(9-20-22)15(24)25-4-2/h3,5-9H,1,4H2,2H3,(H,21,23). The van der Waals surface area contributed by atoms with Crippen molar-refractivity contribution in [3.8, 4) is 5.69 Å². The Morgan fingerprint density at radius 1 is 1.32 bits per heavy atom. The van der Waals surface area contributed by atoms with Gasteiger partial charge in [0, 0.05) is 5.69 Å². The number of carbonyl (C=O) groups is 2. The molecule has 0 radical (unpaired) electrons. The number of halogens is 3. The number of nitrogens with zero attached hydrogens (tertiary/aromatic N) is 2. The average Bonchev–Trinajstić information content (AvgIpc) is 3.01. The number of benzene rings is 1. The molecule has 0 atom stereocenters. The van der Waals surface area contributed by atoms with Crippen LogP contribution in [0.4, 0.5) is 18.9 Å². The van der Waals surface area contributed by atoms with Crippen LogP contribution in [0.15, 0.2) is 43.1 Å². The quantitative estimate of drug-likeness (QED) is 0.662. The average molecular weight is 353 g/mol. The minimum Gasteiger partial charge on any atom is -0.462 e. The van der Waals surface area contributed by atoms with Crippen molar-refractivity contribution < 1.29 is 27.5 Å². The van der Waals surface area contributed by atoms with Crippen molar-refractivity contribution in [2.75, 3.05) is 11.9 Å². The molecule has 1 heterocycles. The van der Waals surface area contributed by atoms with Gasteiger partial charge in [0.15, 0.2) is 5.69 Å². The third-order valence-electron chi connectivity index (χ3n) is 3.10. The van der Waals surface area contributed by atoms with Crippen LogP contribution in [0.25, 0.3) is 5.69 Å². The van der Waals surface area contributed by atoms with Crippen LogP contribution in [0.1, 0.15) is 23.0 Å². The lowest BCUT2D eigenvalue weighted by Gasteiger charge is -2.13. The maximum absolute atomic E-state index is 13.4. The fraction of sp³-hybridized carbons (Fsp3) is 0.188. The topological polar surface area (TPSA) is 73.2 Å². The van der Waals surface area contributed by atoms with Crippen LogP contribution in [0, 0.1) is 0 Å². The smallest absolute Gasteiger partial charge is 0.434 e. The van der Waals surface area contributed by atoms with Gasteiger partial charge in [-0.15, -0.1) is 0 Å². The molecule has 0 saturated carbocycles. The molecule has 0 fully saturated rings. The maximum Gasteiger partial charge on any atom is 0.434 e. The van der Waals surface area contributed by atoms with Crippen LogP contribution in [-0.4, -0.2) is 28.3 Å². The number of amides is 1. The molecule has 1 N–H and O–H groups in total. The van der Waals surface area contributed by atoms with Gasteiger partial charge in [0.25, 0.3) is 0 Å². The van der Waals surface area contributed by atoms with Gasteiger partial charge in [0.05, 0.1) is 18.5 Å². The van der Waals surface area contributed by atoms with Gasteiger partial charge in [-0.1, -0.05) is 6.58 Å². The summed E-state index contributed by atoms with van der Waals surface area (Å²) in [6.07, 6.45) is -2.93. The molecule has 0 saturated heterocycles. The number of hydrogen-bond acceptors (Lipinski definition) is 4. The van der Waals surface area contributed by atoms with Gasteiger partial charge in [-0.2, -0.15) is 18.3 Å². The van der Waals surface area contributed by atoms with Crippen molar-refractivity contribution >= 4 is 17.6 Å². The van der Waals surface area contributed by atoms with Gasteiger partial charge in [-0.05, 0) is 37.3 Å². The van der Waals surface area contributed by atoms with E-state index in [0.29, 0.717) is 10.4 Å². The number of anilines is 1. The second-order valence-corrected chi connectivity index (χ2v) is 4.78. The fourth-order valence-corrected chi connectivity index (χ4v) is 2.05. The van der Waals surface area contributed by atoms with Gasteiger partial charge in [0.2, 0.25) is 5.91 Å². The Bertz CT molecular complexity index is 795. The molecule has 132 valence electrons. The summed E-state index contributed by atoms with van der Waals surface area (Å²) in [7, 11) is 0.